The number of nitrogens with one attached hydrogen (secondary N) is 2. The molecule has 0 saturated carbocycles. The highest BCUT2D eigenvalue weighted by Crippen LogP contribution is 2.34. The van der Waals surface area contributed by atoms with Gasteiger partial charge in [-0.25, -0.2) is 0 Å². The van der Waals surface area contributed by atoms with Crippen LogP contribution < -0.4 is 20.3 Å². The van der Waals surface area contributed by atoms with Gasteiger partial charge >= 0.3 is 0 Å². The van der Waals surface area contributed by atoms with Gasteiger partial charge in [0.25, 0.3) is 0 Å². The topological polar surface area (TPSA) is 62.8 Å². The minimum Gasteiger partial charge on any atom is -0.497 e. The number of benzene rings is 2. The van der Waals surface area contributed by atoms with Gasteiger partial charge in [-0.3, -0.25) is 4.79 Å². The molecule has 2 aromatic rings. The zero-order chi connectivity index (χ0) is 18.4. The maximum atomic E-state index is 12.3. The number of nitrogens with zero attached hydrogens (tertiary/aromatic N) is 1. The van der Waals surface area contributed by atoms with E-state index >= 15 is 0 Å². The van der Waals surface area contributed by atoms with Crippen molar-refractivity contribution in [3.63, 3.8) is 0 Å². The number of methoxy groups -OCH3 is 1. The summed E-state index contributed by atoms with van der Waals surface area (Å²) in [6, 6.07) is 12.9. The molecule has 1 saturated heterocycles. The standard InChI is InChI=1S/C19H22ClN3O3/c1-25-15-5-2-4-14(12-15)22-18(24)13-21-17-7-3-6-16(20)19(17)23-8-10-26-11-9-23/h2-7,12,21H,8-11,13H2,1H3,(H,22,24). The fraction of sp³-hybridized carbons (Fsp3) is 0.316. The third kappa shape index (κ3) is 4.59. The van der Waals surface area contributed by atoms with E-state index < -0.39 is 0 Å². The molecular weight excluding hydrogens is 354 g/mol. The van der Waals surface area contributed by atoms with Gasteiger partial charge < -0.3 is 25.0 Å². The van der Waals surface area contributed by atoms with Crippen molar-refractivity contribution >= 4 is 34.6 Å². The molecule has 6 nitrogen and oxygen atoms in total. The molecule has 1 amide bonds. The maximum absolute atomic E-state index is 12.3. The number of amides is 1. The Labute approximate surface area is 158 Å². The quantitative estimate of drug-likeness (QED) is 0.811. The molecule has 26 heavy (non-hydrogen) atoms. The molecule has 138 valence electrons. The van der Waals surface area contributed by atoms with Gasteiger partial charge in [0, 0.05) is 24.8 Å². The second-order valence-electron chi connectivity index (χ2n) is 5.87. The Balaban J connectivity index is 1.65. The first-order valence-electron chi connectivity index (χ1n) is 8.46. The molecule has 0 atom stereocenters. The van der Waals surface area contributed by atoms with Gasteiger partial charge in [-0.15, -0.1) is 0 Å². The van der Waals surface area contributed by atoms with Crippen LogP contribution in [0.2, 0.25) is 5.02 Å². The lowest BCUT2D eigenvalue weighted by Crippen LogP contribution is -2.37. The Morgan fingerprint density at radius 3 is 2.77 bits per heavy atom. The number of carbonyl (C=O) groups excluding carboxylic acids is 1. The highest BCUT2D eigenvalue weighted by Gasteiger charge is 2.18. The minimum absolute atomic E-state index is 0.134. The molecule has 1 aliphatic rings. The Morgan fingerprint density at radius 2 is 2.00 bits per heavy atom. The fourth-order valence-electron chi connectivity index (χ4n) is 2.85. The Hall–Kier alpha value is -2.44. The number of para-hydroxylation sites is 1. The van der Waals surface area contributed by atoms with Crippen molar-refractivity contribution < 1.29 is 14.3 Å². The Kier molecular flexibility index (Phi) is 6.20. The summed E-state index contributed by atoms with van der Waals surface area (Å²) in [5.41, 5.74) is 2.43. The van der Waals surface area contributed by atoms with Crippen molar-refractivity contribution in [3.8, 4) is 5.75 Å². The lowest BCUT2D eigenvalue weighted by Gasteiger charge is -2.31. The van der Waals surface area contributed by atoms with Crippen molar-refractivity contribution in [1.29, 1.82) is 0 Å². The summed E-state index contributed by atoms with van der Waals surface area (Å²) >= 11 is 6.40. The summed E-state index contributed by atoms with van der Waals surface area (Å²) in [6.07, 6.45) is 0. The average molecular weight is 376 g/mol. The second kappa shape index (κ2) is 8.78. The molecule has 2 aromatic carbocycles. The zero-order valence-electron chi connectivity index (χ0n) is 14.6. The normalized spacial score (nSPS) is 14.0. The van der Waals surface area contributed by atoms with E-state index in [2.05, 4.69) is 15.5 Å². The number of halogens is 1. The first-order chi connectivity index (χ1) is 12.7. The summed E-state index contributed by atoms with van der Waals surface area (Å²) in [4.78, 5) is 14.5. The molecule has 0 unspecified atom stereocenters. The predicted molar refractivity (Wildman–Crippen MR) is 105 cm³/mol. The molecule has 0 aliphatic carbocycles. The highest BCUT2D eigenvalue weighted by molar-refractivity contribution is 6.34. The van der Waals surface area contributed by atoms with Gasteiger partial charge in [0.2, 0.25) is 5.91 Å². The highest BCUT2D eigenvalue weighted by atomic mass is 35.5. The van der Waals surface area contributed by atoms with Crippen molar-refractivity contribution in [2.75, 3.05) is 55.5 Å². The minimum atomic E-state index is -0.147. The van der Waals surface area contributed by atoms with Gasteiger partial charge in [0.05, 0.1) is 43.3 Å². The molecule has 0 radical (unpaired) electrons. The van der Waals surface area contributed by atoms with Crippen molar-refractivity contribution in [2.45, 2.75) is 0 Å². The number of hydrogen-bond donors (Lipinski definition) is 2. The van der Waals surface area contributed by atoms with Crippen molar-refractivity contribution in [1.82, 2.24) is 0 Å². The van der Waals surface area contributed by atoms with Gasteiger partial charge in [-0.05, 0) is 24.3 Å². The first kappa shape index (κ1) is 18.4. The lowest BCUT2D eigenvalue weighted by atomic mass is 10.2. The molecule has 1 heterocycles. The van der Waals surface area contributed by atoms with Crippen LogP contribution in [0.5, 0.6) is 5.75 Å². The summed E-state index contributed by atoms with van der Waals surface area (Å²) < 4.78 is 10.6. The van der Waals surface area contributed by atoms with Crippen LogP contribution >= 0.6 is 11.6 Å². The number of rotatable bonds is 6. The van der Waals surface area contributed by atoms with E-state index in [9.17, 15) is 4.79 Å². The Morgan fingerprint density at radius 1 is 1.23 bits per heavy atom. The number of anilines is 3. The lowest BCUT2D eigenvalue weighted by molar-refractivity contribution is -0.114. The van der Waals surface area contributed by atoms with Crippen LogP contribution in [0.4, 0.5) is 17.1 Å². The first-order valence-corrected chi connectivity index (χ1v) is 8.84. The Bertz CT molecular complexity index is 763. The van der Waals surface area contributed by atoms with Crippen LogP contribution in [0.25, 0.3) is 0 Å². The number of hydrogen-bond acceptors (Lipinski definition) is 5. The predicted octanol–water partition coefficient (Wildman–Crippen LogP) is 3.24. The van der Waals surface area contributed by atoms with E-state index in [0.717, 1.165) is 24.5 Å². The largest absolute Gasteiger partial charge is 0.497 e. The second-order valence-corrected chi connectivity index (χ2v) is 6.28. The van der Waals surface area contributed by atoms with Gasteiger partial charge in [0.15, 0.2) is 0 Å². The van der Waals surface area contributed by atoms with Crippen LogP contribution in [-0.2, 0) is 9.53 Å². The van der Waals surface area contributed by atoms with E-state index in [1.165, 1.54) is 0 Å². The molecule has 1 aliphatic heterocycles. The smallest absolute Gasteiger partial charge is 0.243 e. The summed E-state index contributed by atoms with van der Waals surface area (Å²) in [5.74, 6) is 0.548. The average Bonchev–Trinajstić information content (AvgIpc) is 2.67. The molecule has 0 bridgehead atoms. The van der Waals surface area contributed by atoms with Crippen LogP contribution in [0.3, 0.4) is 0 Å². The summed E-state index contributed by atoms with van der Waals surface area (Å²) in [5, 5.41) is 6.70. The van der Waals surface area contributed by atoms with E-state index in [0.29, 0.717) is 29.7 Å². The number of carbonyl (C=O) groups is 1. The molecule has 2 N–H and O–H groups in total. The summed E-state index contributed by atoms with van der Waals surface area (Å²) in [6.45, 7) is 3.01. The zero-order valence-corrected chi connectivity index (χ0v) is 15.4. The van der Waals surface area contributed by atoms with Crippen molar-refractivity contribution in [2.24, 2.45) is 0 Å². The van der Waals surface area contributed by atoms with Crippen molar-refractivity contribution in [3.05, 3.63) is 47.5 Å². The van der Waals surface area contributed by atoms with Gasteiger partial charge in [-0.1, -0.05) is 23.7 Å². The molecule has 1 fully saturated rings. The maximum Gasteiger partial charge on any atom is 0.243 e. The number of ether oxygens (including phenoxy) is 2. The van der Waals surface area contributed by atoms with E-state index in [-0.39, 0.29) is 12.5 Å². The molecule has 0 aromatic heterocycles. The van der Waals surface area contributed by atoms with E-state index in [1.54, 1.807) is 13.2 Å². The monoisotopic (exact) mass is 375 g/mol. The molecular formula is C19H22ClN3O3. The van der Waals surface area contributed by atoms with Gasteiger partial charge in [-0.2, -0.15) is 0 Å². The van der Waals surface area contributed by atoms with Crippen LogP contribution in [0.15, 0.2) is 42.5 Å². The third-order valence-electron chi connectivity index (χ3n) is 4.11. The summed E-state index contributed by atoms with van der Waals surface area (Å²) in [7, 11) is 1.59. The van der Waals surface area contributed by atoms with E-state index in [1.807, 2.05) is 36.4 Å². The molecule has 3 rings (SSSR count). The van der Waals surface area contributed by atoms with E-state index in [4.69, 9.17) is 21.1 Å². The van der Waals surface area contributed by atoms with Crippen LogP contribution in [0, 0.1) is 0 Å². The molecule has 7 heteroatoms. The van der Waals surface area contributed by atoms with Crippen LogP contribution in [-0.4, -0.2) is 45.9 Å². The fourth-order valence-corrected chi connectivity index (χ4v) is 3.14. The van der Waals surface area contributed by atoms with Gasteiger partial charge in [0.1, 0.15) is 5.75 Å². The SMILES string of the molecule is COc1cccc(NC(=O)CNc2cccc(Cl)c2N2CCOCC2)c1. The number of morpholine rings is 1. The molecule has 0 spiro atoms. The van der Waals surface area contributed by atoms with Crippen LogP contribution in [0.1, 0.15) is 0 Å². The third-order valence-corrected chi connectivity index (χ3v) is 4.41.